The van der Waals surface area contributed by atoms with Crippen molar-refractivity contribution in [3.05, 3.63) is 21.9 Å². The van der Waals surface area contributed by atoms with Crippen LogP contribution in [0.25, 0.3) is 0 Å². The minimum atomic E-state index is -0.911. The van der Waals surface area contributed by atoms with E-state index in [1.54, 1.807) is 11.3 Å². The summed E-state index contributed by atoms with van der Waals surface area (Å²) in [5.41, 5.74) is 0. The maximum Gasteiger partial charge on any atom is 0.326 e. The molecule has 2 rings (SSSR count). The molecular weight excluding hydrogens is 288 g/mol. The maximum absolute atomic E-state index is 12.3. The standard InChI is InChI=1S/C15H22N2O3S/c1-10(9-12-7-6-11(2)21-12)16-15(20)17-8-4-3-5-13(17)14(18)19/h6-7,10,13H,3-5,8-9H2,1-2H3,(H,16,20)(H,18,19). The van der Waals surface area contributed by atoms with Gasteiger partial charge in [-0.1, -0.05) is 0 Å². The number of aryl methyl sites for hydroxylation is 1. The van der Waals surface area contributed by atoms with Crippen LogP contribution in [0.2, 0.25) is 0 Å². The topological polar surface area (TPSA) is 69.6 Å². The number of nitrogens with zero attached hydrogens (tertiary/aromatic N) is 1. The lowest BCUT2D eigenvalue weighted by Gasteiger charge is -2.33. The Labute approximate surface area is 129 Å². The molecule has 0 aromatic carbocycles. The van der Waals surface area contributed by atoms with Crippen LogP contribution < -0.4 is 5.32 Å². The number of carbonyl (C=O) groups excluding carboxylic acids is 1. The first-order chi connectivity index (χ1) is 9.97. The fraction of sp³-hybridized carbons (Fsp3) is 0.600. The van der Waals surface area contributed by atoms with Crippen LogP contribution in [0.15, 0.2) is 12.1 Å². The molecule has 21 heavy (non-hydrogen) atoms. The van der Waals surface area contributed by atoms with Crippen LogP contribution in [0.4, 0.5) is 4.79 Å². The molecule has 0 bridgehead atoms. The van der Waals surface area contributed by atoms with E-state index in [4.69, 9.17) is 0 Å². The summed E-state index contributed by atoms with van der Waals surface area (Å²) in [5, 5.41) is 12.1. The normalized spacial score (nSPS) is 20.1. The fourth-order valence-electron chi connectivity index (χ4n) is 2.67. The Morgan fingerprint density at radius 1 is 1.48 bits per heavy atom. The van der Waals surface area contributed by atoms with E-state index in [0.717, 1.165) is 19.3 Å². The fourth-order valence-corrected chi connectivity index (χ4v) is 3.69. The highest BCUT2D eigenvalue weighted by Gasteiger charge is 2.32. The van der Waals surface area contributed by atoms with Gasteiger partial charge in [-0.2, -0.15) is 0 Å². The zero-order chi connectivity index (χ0) is 15.4. The van der Waals surface area contributed by atoms with Crippen molar-refractivity contribution in [3.8, 4) is 0 Å². The molecule has 2 unspecified atom stereocenters. The van der Waals surface area contributed by atoms with Crippen molar-refractivity contribution in [2.75, 3.05) is 6.54 Å². The molecule has 0 spiro atoms. The van der Waals surface area contributed by atoms with Crippen LogP contribution in [0.1, 0.15) is 35.9 Å². The number of nitrogens with one attached hydrogen (secondary N) is 1. The molecule has 0 radical (unpaired) electrons. The smallest absolute Gasteiger partial charge is 0.326 e. The van der Waals surface area contributed by atoms with Gasteiger partial charge < -0.3 is 15.3 Å². The van der Waals surface area contributed by atoms with E-state index in [-0.39, 0.29) is 12.1 Å². The monoisotopic (exact) mass is 310 g/mol. The number of piperidine rings is 1. The zero-order valence-corrected chi connectivity index (χ0v) is 13.3. The lowest BCUT2D eigenvalue weighted by atomic mass is 10.0. The third-order valence-electron chi connectivity index (χ3n) is 3.72. The number of carbonyl (C=O) groups is 2. The van der Waals surface area contributed by atoms with E-state index in [1.807, 2.05) is 6.92 Å². The molecule has 2 N–H and O–H groups in total. The Bertz CT molecular complexity index is 515. The minimum absolute atomic E-state index is 0.00748. The molecule has 5 nitrogen and oxygen atoms in total. The first kappa shape index (κ1) is 15.8. The first-order valence-electron chi connectivity index (χ1n) is 7.32. The summed E-state index contributed by atoms with van der Waals surface area (Å²) < 4.78 is 0. The average Bonchev–Trinajstić information content (AvgIpc) is 2.83. The summed E-state index contributed by atoms with van der Waals surface area (Å²) in [6.45, 7) is 4.53. The SMILES string of the molecule is Cc1ccc(CC(C)NC(=O)N2CCCCC2C(=O)O)s1. The van der Waals surface area contributed by atoms with E-state index in [1.165, 1.54) is 14.7 Å². The Kier molecular flexibility index (Phi) is 5.22. The number of likely N-dealkylation sites (tertiary alicyclic amines) is 1. The van der Waals surface area contributed by atoms with Crippen molar-refractivity contribution < 1.29 is 14.7 Å². The maximum atomic E-state index is 12.3. The van der Waals surface area contributed by atoms with E-state index in [9.17, 15) is 14.7 Å². The number of amides is 2. The van der Waals surface area contributed by atoms with Crippen molar-refractivity contribution in [1.29, 1.82) is 0 Å². The predicted octanol–water partition coefficient (Wildman–Crippen LogP) is 2.64. The molecule has 0 aliphatic carbocycles. The van der Waals surface area contributed by atoms with Gasteiger partial charge in [-0.15, -0.1) is 11.3 Å². The molecular formula is C15H22N2O3S. The third kappa shape index (κ3) is 4.20. The second-order valence-corrected chi connectivity index (χ2v) is 6.98. The molecule has 116 valence electrons. The number of carboxylic acid groups (broad SMARTS) is 1. The number of thiophene rings is 1. The highest BCUT2D eigenvalue weighted by atomic mass is 32.1. The Morgan fingerprint density at radius 3 is 2.86 bits per heavy atom. The quantitative estimate of drug-likeness (QED) is 0.898. The van der Waals surface area contributed by atoms with E-state index in [0.29, 0.717) is 13.0 Å². The van der Waals surface area contributed by atoms with Crippen molar-refractivity contribution >= 4 is 23.3 Å². The lowest BCUT2D eigenvalue weighted by molar-refractivity contribution is -0.143. The second-order valence-electron chi connectivity index (χ2n) is 5.61. The number of carboxylic acids is 1. The summed E-state index contributed by atoms with van der Waals surface area (Å²) in [6.07, 6.45) is 3.05. The van der Waals surface area contributed by atoms with E-state index >= 15 is 0 Å². The molecule has 1 aliphatic rings. The van der Waals surface area contributed by atoms with Crippen molar-refractivity contribution in [1.82, 2.24) is 10.2 Å². The van der Waals surface area contributed by atoms with Gasteiger partial charge in [0.1, 0.15) is 6.04 Å². The number of rotatable bonds is 4. The second kappa shape index (κ2) is 6.93. The van der Waals surface area contributed by atoms with E-state index in [2.05, 4.69) is 24.4 Å². The van der Waals surface area contributed by atoms with E-state index < -0.39 is 12.0 Å². The lowest BCUT2D eigenvalue weighted by Crippen LogP contribution is -2.53. The molecule has 2 atom stereocenters. The van der Waals surface area contributed by atoms with Crippen molar-refractivity contribution in [2.45, 2.75) is 51.6 Å². The molecule has 1 aliphatic heterocycles. The number of urea groups is 1. The van der Waals surface area contributed by atoms with Crippen LogP contribution >= 0.6 is 11.3 Å². The molecule has 2 heterocycles. The zero-order valence-electron chi connectivity index (χ0n) is 12.5. The molecule has 1 aromatic heterocycles. The molecule has 2 amide bonds. The molecule has 1 aromatic rings. The average molecular weight is 310 g/mol. The molecule has 0 saturated carbocycles. The minimum Gasteiger partial charge on any atom is -0.480 e. The van der Waals surface area contributed by atoms with Crippen molar-refractivity contribution in [3.63, 3.8) is 0 Å². The van der Waals surface area contributed by atoms with Crippen LogP contribution in [0, 0.1) is 6.92 Å². The number of hydrogen-bond acceptors (Lipinski definition) is 3. The van der Waals surface area contributed by atoms with Gasteiger partial charge >= 0.3 is 12.0 Å². The van der Waals surface area contributed by atoms with Gasteiger partial charge in [0, 0.05) is 28.8 Å². The summed E-state index contributed by atoms with van der Waals surface area (Å²) >= 11 is 1.73. The number of hydrogen-bond donors (Lipinski definition) is 2. The van der Waals surface area contributed by atoms with Crippen LogP contribution in [-0.2, 0) is 11.2 Å². The van der Waals surface area contributed by atoms with Gasteiger partial charge in [-0.25, -0.2) is 9.59 Å². The predicted molar refractivity (Wildman–Crippen MR) is 82.7 cm³/mol. The van der Waals surface area contributed by atoms with Crippen LogP contribution in [-0.4, -0.2) is 40.6 Å². The molecule has 6 heteroatoms. The van der Waals surface area contributed by atoms with Gasteiger partial charge in [0.15, 0.2) is 0 Å². The van der Waals surface area contributed by atoms with Gasteiger partial charge in [0.2, 0.25) is 0 Å². The Morgan fingerprint density at radius 2 is 2.24 bits per heavy atom. The third-order valence-corrected chi connectivity index (χ3v) is 4.74. The van der Waals surface area contributed by atoms with Gasteiger partial charge in [-0.3, -0.25) is 0 Å². The molecule has 1 fully saturated rings. The van der Waals surface area contributed by atoms with Crippen LogP contribution in [0.3, 0.4) is 0 Å². The first-order valence-corrected chi connectivity index (χ1v) is 8.14. The largest absolute Gasteiger partial charge is 0.480 e. The Hall–Kier alpha value is -1.56. The summed E-state index contributed by atoms with van der Waals surface area (Å²) in [5.74, 6) is -0.911. The van der Waals surface area contributed by atoms with Gasteiger partial charge in [0.25, 0.3) is 0 Å². The Balaban J connectivity index is 1.91. The van der Waals surface area contributed by atoms with Crippen LogP contribution in [0.5, 0.6) is 0 Å². The summed E-state index contributed by atoms with van der Waals surface area (Å²) in [6, 6.07) is 3.19. The highest BCUT2D eigenvalue weighted by Crippen LogP contribution is 2.19. The summed E-state index contributed by atoms with van der Waals surface area (Å²) in [4.78, 5) is 27.4. The van der Waals surface area contributed by atoms with Gasteiger partial charge in [0.05, 0.1) is 0 Å². The van der Waals surface area contributed by atoms with Crippen molar-refractivity contribution in [2.24, 2.45) is 0 Å². The number of aliphatic carboxylic acids is 1. The van der Waals surface area contributed by atoms with Gasteiger partial charge in [-0.05, 0) is 45.2 Å². The summed E-state index contributed by atoms with van der Waals surface area (Å²) in [7, 11) is 0. The highest BCUT2D eigenvalue weighted by molar-refractivity contribution is 7.11. The molecule has 1 saturated heterocycles.